The van der Waals surface area contributed by atoms with Gasteiger partial charge in [-0.05, 0) is 42.2 Å². The van der Waals surface area contributed by atoms with E-state index >= 15 is 0 Å². The van der Waals surface area contributed by atoms with Gasteiger partial charge in [-0.3, -0.25) is 0 Å². The van der Waals surface area contributed by atoms with Gasteiger partial charge in [0.1, 0.15) is 0 Å². The number of hydrogen-bond acceptors (Lipinski definition) is 4. The fourth-order valence-electron chi connectivity index (χ4n) is 2.14. The molecule has 116 valence electrons. The van der Waals surface area contributed by atoms with Crippen LogP contribution in [0.25, 0.3) is 10.6 Å². The van der Waals surface area contributed by atoms with Gasteiger partial charge in [0, 0.05) is 6.20 Å². The second-order valence-electron chi connectivity index (χ2n) is 4.97. The van der Waals surface area contributed by atoms with E-state index in [1.165, 1.54) is 5.56 Å². The van der Waals surface area contributed by atoms with Crippen molar-refractivity contribution in [2.24, 2.45) is 0 Å². The molecular weight excluding hydrogens is 324 g/mol. The summed E-state index contributed by atoms with van der Waals surface area (Å²) in [5, 5.41) is 8.82. The second-order valence-corrected chi connectivity index (χ2v) is 6.33. The first-order chi connectivity index (χ1) is 11.2. The van der Waals surface area contributed by atoms with Gasteiger partial charge < -0.3 is 10.6 Å². The van der Waals surface area contributed by atoms with Crippen molar-refractivity contribution in [3.8, 4) is 10.6 Å². The molecule has 2 N–H and O–H groups in total. The van der Waals surface area contributed by atoms with Crippen LogP contribution in [0.4, 0.5) is 5.95 Å². The number of thiophene rings is 1. The van der Waals surface area contributed by atoms with Crippen LogP contribution in [0.2, 0.25) is 0 Å². The molecule has 0 radical (unpaired) electrons. The van der Waals surface area contributed by atoms with E-state index in [-0.39, 0.29) is 6.04 Å². The van der Waals surface area contributed by atoms with E-state index in [9.17, 15) is 0 Å². The number of nitrogens with one attached hydrogen (secondary N) is 2. The molecule has 6 heteroatoms. The Hall–Kier alpha value is -2.31. The Morgan fingerprint density at radius 2 is 1.96 bits per heavy atom. The van der Waals surface area contributed by atoms with E-state index in [1.54, 1.807) is 17.5 Å². The molecule has 1 atom stereocenters. The summed E-state index contributed by atoms with van der Waals surface area (Å²) in [4.78, 5) is 9.82. The lowest BCUT2D eigenvalue weighted by molar-refractivity contribution is 0.722. The third kappa shape index (κ3) is 4.12. The van der Waals surface area contributed by atoms with Crippen molar-refractivity contribution in [1.29, 1.82) is 0 Å². The molecule has 0 spiro atoms. The van der Waals surface area contributed by atoms with Crippen molar-refractivity contribution in [2.45, 2.75) is 13.0 Å². The molecule has 0 aliphatic carbocycles. The molecule has 3 aromatic rings. The minimum absolute atomic E-state index is 0.108. The van der Waals surface area contributed by atoms with Gasteiger partial charge in [0.05, 0.1) is 16.6 Å². The summed E-state index contributed by atoms with van der Waals surface area (Å²) in [6.45, 7) is 2.06. The zero-order valence-corrected chi connectivity index (χ0v) is 14.2. The predicted molar refractivity (Wildman–Crippen MR) is 99.6 cm³/mol. The Morgan fingerprint density at radius 3 is 2.70 bits per heavy atom. The van der Waals surface area contributed by atoms with Crippen molar-refractivity contribution in [2.75, 3.05) is 5.32 Å². The third-order valence-corrected chi connectivity index (χ3v) is 4.41. The first-order valence-corrected chi connectivity index (χ1v) is 8.50. The highest BCUT2D eigenvalue weighted by atomic mass is 32.1. The highest BCUT2D eigenvalue weighted by molar-refractivity contribution is 7.80. The van der Waals surface area contributed by atoms with Crippen LogP contribution in [0.1, 0.15) is 18.5 Å². The maximum Gasteiger partial charge on any atom is 0.229 e. The predicted octanol–water partition coefficient (Wildman–Crippen LogP) is 4.25. The monoisotopic (exact) mass is 340 g/mol. The van der Waals surface area contributed by atoms with Crippen molar-refractivity contribution < 1.29 is 0 Å². The van der Waals surface area contributed by atoms with Gasteiger partial charge in [0.15, 0.2) is 5.11 Å². The fraction of sp³-hybridized carbons (Fsp3) is 0.118. The van der Waals surface area contributed by atoms with E-state index in [1.807, 2.05) is 41.8 Å². The summed E-state index contributed by atoms with van der Waals surface area (Å²) in [5.41, 5.74) is 2.06. The summed E-state index contributed by atoms with van der Waals surface area (Å²) < 4.78 is 0. The fourth-order valence-corrected chi connectivity index (χ4v) is 3.10. The van der Waals surface area contributed by atoms with Crippen LogP contribution in [0.15, 0.2) is 60.1 Å². The van der Waals surface area contributed by atoms with Gasteiger partial charge in [-0.15, -0.1) is 11.3 Å². The lowest BCUT2D eigenvalue weighted by Gasteiger charge is -2.16. The van der Waals surface area contributed by atoms with Crippen LogP contribution in [0, 0.1) is 0 Å². The van der Waals surface area contributed by atoms with Crippen molar-refractivity contribution in [3.63, 3.8) is 0 Å². The maximum atomic E-state index is 5.36. The molecule has 0 bridgehead atoms. The standard InChI is InChI=1S/C17H16N4S2/c1-12(13-6-3-2-4-7-13)19-17(22)21-16-18-10-9-14(20-16)15-8-5-11-23-15/h2-12H,1H3,(H2,18,19,20,21,22)/t12-/m1/s1. The average Bonchev–Trinajstić information content (AvgIpc) is 3.10. The molecule has 0 fully saturated rings. The van der Waals surface area contributed by atoms with Gasteiger partial charge in [-0.2, -0.15) is 0 Å². The quantitative estimate of drug-likeness (QED) is 0.695. The number of thiocarbonyl (C=S) groups is 1. The number of nitrogens with zero attached hydrogens (tertiary/aromatic N) is 2. The molecule has 23 heavy (non-hydrogen) atoms. The Morgan fingerprint density at radius 1 is 1.13 bits per heavy atom. The molecule has 1 aromatic carbocycles. The van der Waals surface area contributed by atoms with Crippen LogP contribution in [0.5, 0.6) is 0 Å². The van der Waals surface area contributed by atoms with Gasteiger partial charge in [-0.1, -0.05) is 36.4 Å². The van der Waals surface area contributed by atoms with Crippen LogP contribution >= 0.6 is 23.6 Å². The first-order valence-electron chi connectivity index (χ1n) is 7.22. The van der Waals surface area contributed by atoms with E-state index in [4.69, 9.17) is 12.2 Å². The minimum Gasteiger partial charge on any atom is -0.356 e. The van der Waals surface area contributed by atoms with Gasteiger partial charge in [0.2, 0.25) is 5.95 Å². The largest absolute Gasteiger partial charge is 0.356 e. The van der Waals surface area contributed by atoms with Crippen LogP contribution in [-0.2, 0) is 0 Å². The number of benzene rings is 1. The van der Waals surface area contributed by atoms with Gasteiger partial charge in [0.25, 0.3) is 0 Å². The third-order valence-electron chi connectivity index (χ3n) is 3.30. The molecule has 0 amide bonds. The molecule has 2 heterocycles. The van der Waals surface area contributed by atoms with Gasteiger partial charge in [-0.25, -0.2) is 9.97 Å². The van der Waals surface area contributed by atoms with Crippen molar-refractivity contribution >= 4 is 34.6 Å². The average molecular weight is 340 g/mol. The smallest absolute Gasteiger partial charge is 0.229 e. The molecule has 0 saturated heterocycles. The second kappa shape index (κ2) is 7.30. The highest BCUT2D eigenvalue weighted by Crippen LogP contribution is 2.22. The lowest BCUT2D eigenvalue weighted by Crippen LogP contribution is -2.31. The molecule has 2 aromatic heterocycles. The number of aromatic nitrogens is 2. The van der Waals surface area contributed by atoms with Gasteiger partial charge >= 0.3 is 0 Å². The van der Waals surface area contributed by atoms with Crippen LogP contribution < -0.4 is 10.6 Å². The molecular formula is C17H16N4S2. The number of hydrogen-bond donors (Lipinski definition) is 2. The summed E-state index contributed by atoms with van der Waals surface area (Å²) in [6.07, 6.45) is 1.73. The molecule has 4 nitrogen and oxygen atoms in total. The maximum absolute atomic E-state index is 5.36. The number of rotatable bonds is 4. The zero-order chi connectivity index (χ0) is 16.1. The first kappa shape index (κ1) is 15.6. The molecule has 3 rings (SSSR count). The zero-order valence-electron chi connectivity index (χ0n) is 12.6. The summed E-state index contributed by atoms with van der Waals surface area (Å²) in [5.74, 6) is 0.494. The molecule has 0 unspecified atom stereocenters. The summed E-state index contributed by atoms with van der Waals surface area (Å²) in [7, 11) is 0. The Bertz CT molecular complexity index is 772. The van der Waals surface area contributed by atoms with E-state index in [0.29, 0.717) is 11.1 Å². The Kier molecular flexibility index (Phi) is 4.95. The lowest BCUT2D eigenvalue weighted by atomic mass is 10.1. The van der Waals surface area contributed by atoms with Crippen LogP contribution in [0.3, 0.4) is 0 Å². The highest BCUT2D eigenvalue weighted by Gasteiger charge is 2.08. The topological polar surface area (TPSA) is 49.8 Å². The molecule has 0 aliphatic rings. The van der Waals surface area contributed by atoms with Crippen LogP contribution in [-0.4, -0.2) is 15.1 Å². The van der Waals surface area contributed by atoms with E-state index < -0.39 is 0 Å². The summed E-state index contributed by atoms with van der Waals surface area (Å²) in [6, 6.07) is 16.2. The minimum atomic E-state index is 0.108. The SMILES string of the molecule is C[C@@H](NC(=S)Nc1nccc(-c2cccs2)n1)c1ccccc1. The Balaban J connectivity index is 1.65. The van der Waals surface area contributed by atoms with E-state index in [2.05, 4.69) is 39.7 Å². The van der Waals surface area contributed by atoms with E-state index in [0.717, 1.165) is 10.6 Å². The normalized spacial score (nSPS) is 11.7. The van der Waals surface area contributed by atoms with Crippen molar-refractivity contribution in [1.82, 2.24) is 15.3 Å². The number of anilines is 1. The Labute approximate surface area is 144 Å². The molecule has 0 saturated carbocycles. The molecule has 0 aliphatic heterocycles. The summed E-state index contributed by atoms with van der Waals surface area (Å²) >= 11 is 7.00. The van der Waals surface area contributed by atoms with Crippen molar-refractivity contribution in [3.05, 3.63) is 65.7 Å².